The van der Waals surface area contributed by atoms with Crippen LogP contribution in [0.15, 0.2) is 53.5 Å². The van der Waals surface area contributed by atoms with E-state index in [0.717, 1.165) is 6.07 Å². The molecule has 0 aliphatic carbocycles. The molecular weight excluding hydrogens is 520 g/mol. The number of carbonyl (C=O) groups excluding carboxylic acids is 2. The van der Waals surface area contributed by atoms with Gasteiger partial charge in [0, 0.05) is 12.6 Å². The van der Waals surface area contributed by atoms with Crippen LogP contribution < -0.4 is 16.6 Å². The second kappa shape index (κ2) is 11.5. The number of aromatic nitrogens is 3. The van der Waals surface area contributed by atoms with Crippen molar-refractivity contribution in [1.29, 1.82) is 0 Å². The number of fused-ring (bicyclic) bond motifs is 1. The van der Waals surface area contributed by atoms with E-state index >= 15 is 0 Å². The van der Waals surface area contributed by atoms with Gasteiger partial charge in [0.25, 0.3) is 5.56 Å². The standard InChI is InChI=1S/C24H23F6N5O3/c25-23(26,27)17(24(28,29)30)12-14-6-4-7-15-21(14)34-19(32-15)13-35-11-5-8-16(22(35)38)33-20(37)10-3-1-2-9-18(31)36/h2,4-9,11,17H,1,3,10,12-13H2,(H2,31,36)(H,32,34)(H,33,37)/b9-2+. The Morgan fingerprint density at radius 3 is 2.47 bits per heavy atom. The first-order valence-corrected chi connectivity index (χ1v) is 11.3. The van der Waals surface area contributed by atoms with Crippen molar-refractivity contribution in [3.05, 3.63) is 70.4 Å². The van der Waals surface area contributed by atoms with Gasteiger partial charge in [-0.15, -0.1) is 0 Å². The van der Waals surface area contributed by atoms with Crippen LogP contribution >= 0.6 is 0 Å². The average Bonchev–Trinajstić information content (AvgIpc) is 3.21. The highest BCUT2D eigenvalue weighted by molar-refractivity contribution is 5.90. The predicted molar refractivity (Wildman–Crippen MR) is 126 cm³/mol. The van der Waals surface area contributed by atoms with Crippen LogP contribution in [0.3, 0.4) is 0 Å². The fourth-order valence-corrected chi connectivity index (χ4v) is 3.73. The number of primary amides is 1. The third kappa shape index (κ3) is 7.46. The van der Waals surface area contributed by atoms with E-state index in [2.05, 4.69) is 15.3 Å². The molecule has 0 saturated heterocycles. The Hall–Kier alpha value is -4.10. The molecule has 4 N–H and O–H groups in total. The van der Waals surface area contributed by atoms with Gasteiger partial charge in [0.2, 0.25) is 11.8 Å². The van der Waals surface area contributed by atoms with Crippen LogP contribution in [0.5, 0.6) is 0 Å². The normalized spacial score (nSPS) is 12.5. The number of benzene rings is 1. The molecule has 0 bridgehead atoms. The van der Waals surface area contributed by atoms with Crippen molar-refractivity contribution in [2.24, 2.45) is 11.7 Å². The molecule has 0 aliphatic heterocycles. The number of halogens is 6. The maximum absolute atomic E-state index is 13.1. The highest BCUT2D eigenvalue weighted by Gasteiger charge is 2.56. The highest BCUT2D eigenvalue weighted by Crippen LogP contribution is 2.41. The molecule has 0 spiro atoms. The molecule has 1 aromatic carbocycles. The second-order valence-electron chi connectivity index (χ2n) is 8.44. The number of rotatable bonds is 10. The number of allylic oxidation sites excluding steroid dienone is 1. The summed E-state index contributed by atoms with van der Waals surface area (Å²) >= 11 is 0. The topological polar surface area (TPSA) is 123 Å². The zero-order chi connectivity index (χ0) is 28.1. The number of pyridine rings is 1. The largest absolute Gasteiger partial charge is 0.400 e. The minimum atomic E-state index is -5.49. The number of nitrogens with one attached hydrogen (secondary N) is 2. The lowest BCUT2D eigenvalue weighted by atomic mass is 9.97. The van der Waals surface area contributed by atoms with E-state index in [1.54, 1.807) is 0 Å². The zero-order valence-electron chi connectivity index (χ0n) is 19.7. The molecule has 0 saturated carbocycles. The number of H-pyrrole nitrogens is 1. The maximum atomic E-state index is 13.1. The van der Waals surface area contributed by atoms with Crippen LogP contribution in [0.2, 0.25) is 0 Å². The van der Waals surface area contributed by atoms with Crippen LogP contribution in [0, 0.1) is 5.92 Å². The molecule has 8 nitrogen and oxygen atoms in total. The Morgan fingerprint density at radius 2 is 1.82 bits per heavy atom. The third-order valence-corrected chi connectivity index (χ3v) is 5.53. The number of hydrogen-bond donors (Lipinski definition) is 3. The van der Waals surface area contributed by atoms with Crippen molar-refractivity contribution in [2.75, 3.05) is 5.32 Å². The fraction of sp³-hybridized carbons (Fsp3) is 0.333. The van der Waals surface area contributed by atoms with Crippen molar-refractivity contribution in [1.82, 2.24) is 14.5 Å². The lowest BCUT2D eigenvalue weighted by Gasteiger charge is -2.23. The van der Waals surface area contributed by atoms with Crippen LogP contribution in [0.4, 0.5) is 32.0 Å². The van der Waals surface area contributed by atoms with E-state index in [1.807, 2.05) is 0 Å². The quantitative estimate of drug-likeness (QED) is 0.201. The van der Waals surface area contributed by atoms with Crippen molar-refractivity contribution in [2.45, 2.75) is 44.6 Å². The number of amides is 2. The first kappa shape index (κ1) is 28.5. The molecule has 204 valence electrons. The summed E-state index contributed by atoms with van der Waals surface area (Å²) in [4.78, 5) is 42.6. The number of aromatic amines is 1. The molecule has 0 unspecified atom stereocenters. The number of nitrogens with zero attached hydrogens (tertiary/aromatic N) is 2. The number of para-hydroxylation sites is 1. The van der Waals surface area contributed by atoms with Crippen LogP contribution in [0.1, 0.15) is 30.7 Å². The summed E-state index contributed by atoms with van der Waals surface area (Å²) < 4.78 is 79.6. The van der Waals surface area contributed by atoms with Crippen molar-refractivity contribution < 1.29 is 35.9 Å². The summed E-state index contributed by atoms with van der Waals surface area (Å²) in [5.74, 6) is -4.48. The Morgan fingerprint density at radius 1 is 1.11 bits per heavy atom. The number of anilines is 1. The molecule has 14 heteroatoms. The minimum absolute atomic E-state index is 0.0276. The van der Waals surface area contributed by atoms with Crippen LogP contribution in [-0.2, 0) is 22.6 Å². The Kier molecular flexibility index (Phi) is 8.63. The van der Waals surface area contributed by atoms with E-state index in [0.29, 0.717) is 12.8 Å². The van der Waals surface area contributed by atoms with Gasteiger partial charge in [-0.1, -0.05) is 18.2 Å². The minimum Gasteiger partial charge on any atom is -0.366 e. The molecule has 38 heavy (non-hydrogen) atoms. The van der Waals surface area contributed by atoms with Crippen molar-refractivity contribution in [3.63, 3.8) is 0 Å². The number of nitrogens with two attached hydrogens (primary N) is 1. The molecule has 3 aromatic rings. The van der Waals surface area contributed by atoms with Gasteiger partial charge in [0.05, 0.1) is 17.6 Å². The van der Waals surface area contributed by atoms with Gasteiger partial charge in [0.1, 0.15) is 11.5 Å². The van der Waals surface area contributed by atoms with Crippen LogP contribution in [-0.4, -0.2) is 38.7 Å². The summed E-state index contributed by atoms with van der Waals surface area (Å²) in [5.41, 5.74) is 4.25. The molecule has 3 rings (SSSR count). The smallest absolute Gasteiger partial charge is 0.366 e. The van der Waals surface area contributed by atoms with Gasteiger partial charge < -0.3 is 20.6 Å². The SMILES string of the molecule is NC(=O)/C=C/CCCC(=O)Nc1cccn(Cc2nc3c(CC(C(F)(F)F)C(F)(F)F)cccc3[nH]2)c1=O. The predicted octanol–water partition coefficient (Wildman–Crippen LogP) is 4.21. The summed E-state index contributed by atoms with van der Waals surface area (Å²) in [6.07, 6.45) is -7.32. The monoisotopic (exact) mass is 543 g/mol. The highest BCUT2D eigenvalue weighted by atomic mass is 19.4. The van der Waals surface area contributed by atoms with Crippen molar-refractivity contribution >= 4 is 28.5 Å². The van der Waals surface area contributed by atoms with Crippen molar-refractivity contribution in [3.8, 4) is 0 Å². The Balaban J connectivity index is 1.76. The molecule has 0 fully saturated rings. The summed E-state index contributed by atoms with van der Waals surface area (Å²) in [7, 11) is 0. The molecule has 2 amide bonds. The molecule has 2 heterocycles. The number of imidazole rings is 1. The lowest BCUT2D eigenvalue weighted by Crippen LogP contribution is -2.38. The van der Waals surface area contributed by atoms with Gasteiger partial charge in [-0.05, 0) is 49.1 Å². The van der Waals surface area contributed by atoms with E-state index in [1.165, 1.54) is 47.2 Å². The number of unbranched alkanes of at least 4 members (excludes halogenated alkanes) is 1. The van der Waals surface area contributed by atoms with Gasteiger partial charge >= 0.3 is 12.4 Å². The average molecular weight is 543 g/mol. The Labute approximate surface area is 211 Å². The van der Waals surface area contributed by atoms with E-state index in [-0.39, 0.29) is 41.1 Å². The van der Waals surface area contributed by atoms with E-state index in [4.69, 9.17) is 5.73 Å². The number of carbonyl (C=O) groups is 2. The first-order valence-electron chi connectivity index (χ1n) is 11.3. The van der Waals surface area contributed by atoms with Crippen LogP contribution in [0.25, 0.3) is 11.0 Å². The molecule has 0 atom stereocenters. The molecule has 2 aromatic heterocycles. The number of hydrogen-bond acceptors (Lipinski definition) is 4. The van der Waals surface area contributed by atoms with E-state index in [9.17, 15) is 40.7 Å². The molecule has 0 aliphatic rings. The van der Waals surface area contributed by atoms with Gasteiger partial charge in [-0.25, -0.2) is 4.98 Å². The second-order valence-corrected chi connectivity index (χ2v) is 8.44. The third-order valence-electron chi connectivity index (χ3n) is 5.53. The van der Waals surface area contributed by atoms with Gasteiger partial charge in [-0.2, -0.15) is 26.3 Å². The zero-order valence-corrected chi connectivity index (χ0v) is 19.7. The molecular formula is C24H23F6N5O3. The van der Waals surface area contributed by atoms with Gasteiger partial charge in [-0.3, -0.25) is 14.4 Å². The van der Waals surface area contributed by atoms with E-state index < -0.39 is 42.1 Å². The fourth-order valence-electron chi connectivity index (χ4n) is 3.73. The summed E-state index contributed by atoms with van der Waals surface area (Å²) in [5, 5.41) is 2.49. The maximum Gasteiger partial charge on any atom is 0.400 e. The summed E-state index contributed by atoms with van der Waals surface area (Å²) in [6, 6.07) is 6.77. The first-order chi connectivity index (χ1) is 17.8. The van der Waals surface area contributed by atoms with Gasteiger partial charge in [0.15, 0.2) is 5.92 Å². The Bertz CT molecular complexity index is 1380. The molecule has 0 radical (unpaired) electrons. The number of alkyl halides is 6. The lowest BCUT2D eigenvalue weighted by molar-refractivity contribution is -0.283. The summed E-state index contributed by atoms with van der Waals surface area (Å²) in [6.45, 7) is -0.184.